The molecule has 1 aromatic carbocycles. The Kier molecular flexibility index (Phi) is 3.15. The number of piperidine rings is 1. The van der Waals surface area contributed by atoms with Crippen molar-refractivity contribution in [1.82, 2.24) is 10.3 Å². The van der Waals surface area contributed by atoms with Crippen LogP contribution in [0.3, 0.4) is 0 Å². The van der Waals surface area contributed by atoms with E-state index < -0.39 is 0 Å². The summed E-state index contributed by atoms with van der Waals surface area (Å²) in [5, 5.41) is 5.66. The second kappa shape index (κ2) is 4.94. The van der Waals surface area contributed by atoms with Crippen molar-refractivity contribution in [2.75, 3.05) is 13.1 Å². The molecular weight excluding hydrogens is 224 g/mol. The van der Waals surface area contributed by atoms with E-state index in [0.717, 1.165) is 30.8 Å². The van der Waals surface area contributed by atoms with Crippen molar-refractivity contribution in [1.29, 1.82) is 0 Å². The monoisotopic (exact) mass is 242 g/mol. The molecule has 1 saturated heterocycles. The zero-order chi connectivity index (χ0) is 12.4. The van der Waals surface area contributed by atoms with Crippen LogP contribution in [-0.2, 0) is 0 Å². The molecule has 3 rings (SSSR count). The Balaban J connectivity index is 1.90. The van der Waals surface area contributed by atoms with Gasteiger partial charge in [-0.15, -0.1) is 0 Å². The van der Waals surface area contributed by atoms with Gasteiger partial charge in [-0.1, -0.05) is 25.1 Å². The van der Waals surface area contributed by atoms with Crippen LogP contribution in [0.1, 0.15) is 13.3 Å². The average Bonchev–Trinajstić information content (AvgIpc) is 2.42. The van der Waals surface area contributed by atoms with Crippen molar-refractivity contribution in [3.05, 3.63) is 36.5 Å². The molecular formula is C15H18N2O. The van der Waals surface area contributed by atoms with E-state index in [0.29, 0.717) is 5.92 Å². The first-order valence-electron chi connectivity index (χ1n) is 6.56. The van der Waals surface area contributed by atoms with Gasteiger partial charge in [0.05, 0.1) is 0 Å². The quantitative estimate of drug-likeness (QED) is 0.879. The van der Waals surface area contributed by atoms with Crippen LogP contribution in [0.15, 0.2) is 36.5 Å². The van der Waals surface area contributed by atoms with Gasteiger partial charge in [0.25, 0.3) is 0 Å². The molecule has 2 aromatic rings. The third-order valence-corrected chi connectivity index (χ3v) is 3.66. The van der Waals surface area contributed by atoms with Crippen LogP contribution in [0.25, 0.3) is 10.8 Å². The van der Waals surface area contributed by atoms with Gasteiger partial charge in [-0.2, -0.15) is 0 Å². The summed E-state index contributed by atoms with van der Waals surface area (Å²) in [6.07, 6.45) is 3.20. The summed E-state index contributed by atoms with van der Waals surface area (Å²) >= 11 is 0. The number of rotatable bonds is 2. The molecule has 1 aliphatic heterocycles. The Morgan fingerprint density at radius 1 is 1.28 bits per heavy atom. The zero-order valence-electron chi connectivity index (χ0n) is 10.6. The van der Waals surface area contributed by atoms with E-state index in [1.54, 1.807) is 0 Å². The molecule has 2 heterocycles. The first-order valence-corrected chi connectivity index (χ1v) is 6.56. The molecule has 1 N–H and O–H groups in total. The van der Waals surface area contributed by atoms with Gasteiger partial charge >= 0.3 is 0 Å². The van der Waals surface area contributed by atoms with Gasteiger partial charge < -0.3 is 10.1 Å². The molecule has 0 amide bonds. The van der Waals surface area contributed by atoms with Crippen molar-refractivity contribution in [2.45, 2.75) is 19.4 Å². The Bertz CT molecular complexity index is 536. The molecule has 1 aliphatic rings. The molecule has 0 aliphatic carbocycles. The van der Waals surface area contributed by atoms with Crippen LogP contribution < -0.4 is 10.1 Å². The van der Waals surface area contributed by atoms with Gasteiger partial charge in [-0.3, -0.25) is 0 Å². The van der Waals surface area contributed by atoms with E-state index in [9.17, 15) is 0 Å². The SMILES string of the molecule is CC1CCNCC1Oc1nccc2ccccc12. The Morgan fingerprint density at radius 3 is 3.06 bits per heavy atom. The molecule has 18 heavy (non-hydrogen) atoms. The highest BCUT2D eigenvalue weighted by Gasteiger charge is 2.23. The highest BCUT2D eigenvalue weighted by Crippen LogP contribution is 2.25. The predicted octanol–water partition coefficient (Wildman–Crippen LogP) is 2.61. The molecule has 0 radical (unpaired) electrons. The van der Waals surface area contributed by atoms with Crippen molar-refractivity contribution in [3.63, 3.8) is 0 Å². The number of ether oxygens (including phenoxy) is 1. The molecule has 3 nitrogen and oxygen atoms in total. The van der Waals surface area contributed by atoms with E-state index in [-0.39, 0.29) is 6.10 Å². The summed E-state index contributed by atoms with van der Waals surface area (Å²) in [6.45, 7) is 4.24. The third kappa shape index (κ3) is 2.18. The van der Waals surface area contributed by atoms with Crippen LogP contribution in [0, 0.1) is 5.92 Å². The van der Waals surface area contributed by atoms with Crippen LogP contribution in [0.4, 0.5) is 0 Å². The topological polar surface area (TPSA) is 34.1 Å². The molecule has 0 spiro atoms. The first-order chi connectivity index (χ1) is 8.84. The van der Waals surface area contributed by atoms with Crippen molar-refractivity contribution < 1.29 is 4.74 Å². The van der Waals surface area contributed by atoms with Gasteiger partial charge in [0.15, 0.2) is 0 Å². The predicted molar refractivity (Wildman–Crippen MR) is 72.8 cm³/mol. The number of nitrogens with zero attached hydrogens (tertiary/aromatic N) is 1. The number of nitrogens with one attached hydrogen (secondary N) is 1. The molecule has 3 heteroatoms. The maximum atomic E-state index is 6.11. The minimum Gasteiger partial charge on any atom is -0.472 e. The summed E-state index contributed by atoms with van der Waals surface area (Å²) < 4.78 is 6.11. The fraction of sp³-hybridized carbons (Fsp3) is 0.400. The Hall–Kier alpha value is -1.61. The smallest absolute Gasteiger partial charge is 0.221 e. The largest absolute Gasteiger partial charge is 0.472 e. The molecule has 94 valence electrons. The number of aromatic nitrogens is 1. The Morgan fingerprint density at radius 2 is 2.17 bits per heavy atom. The van der Waals surface area contributed by atoms with E-state index >= 15 is 0 Å². The van der Waals surface area contributed by atoms with Crippen molar-refractivity contribution in [2.24, 2.45) is 5.92 Å². The molecule has 2 atom stereocenters. The fourth-order valence-electron chi connectivity index (χ4n) is 2.45. The van der Waals surface area contributed by atoms with E-state index in [4.69, 9.17) is 4.74 Å². The van der Waals surface area contributed by atoms with Gasteiger partial charge in [-0.25, -0.2) is 4.98 Å². The summed E-state index contributed by atoms with van der Waals surface area (Å²) in [4.78, 5) is 4.39. The maximum absolute atomic E-state index is 6.11. The normalized spacial score (nSPS) is 24.1. The Labute approximate surface area is 107 Å². The summed E-state index contributed by atoms with van der Waals surface area (Å²) in [7, 11) is 0. The number of benzene rings is 1. The first kappa shape index (κ1) is 11.5. The highest BCUT2D eigenvalue weighted by atomic mass is 16.5. The highest BCUT2D eigenvalue weighted by molar-refractivity contribution is 5.86. The molecule has 0 bridgehead atoms. The van der Waals surface area contributed by atoms with E-state index in [1.165, 1.54) is 5.39 Å². The second-order valence-corrected chi connectivity index (χ2v) is 4.96. The lowest BCUT2D eigenvalue weighted by atomic mass is 9.97. The molecule has 1 fully saturated rings. The number of hydrogen-bond acceptors (Lipinski definition) is 3. The molecule has 0 saturated carbocycles. The van der Waals surface area contributed by atoms with Gasteiger partial charge in [-0.05, 0) is 36.4 Å². The summed E-state index contributed by atoms with van der Waals surface area (Å²) in [5.74, 6) is 1.33. The second-order valence-electron chi connectivity index (χ2n) is 4.96. The van der Waals surface area contributed by atoms with Crippen molar-refractivity contribution in [3.8, 4) is 5.88 Å². The maximum Gasteiger partial charge on any atom is 0.221 e. The minimum absolute atomic E-state index is 0.219. The van der Waals surface area contributed by atoms with Crippen molar-refractivity contribution >= 4 is 10.8 Å². The fourth-order valence-corrected chi connectivity index (χ4v) is 2.45. The number of hydrogen-bond donors (Lipinski definition) is 1. The zero-order valence-corrected chi connectivity index (χ0v) is 10.6. The van der Waals surface area contributed by atoms with Crippen LogP contribution in [0.5, 0.6) is 5.88 Å². The lowest BCUT2D eigenvalue weighted by molar-refractivity contribution is 0.111. The van der Waals surface area contributed by atoms with Gasteiger partial charge in [0.1, 0.15) is 6.10 Å². The average molecular weight is 242 g/mol. The minimum atomic E-state index is 0.219. The van der Waals surface area contributed by atoms with E-state index in [2.05, 4.69) is 29.4 Å². The lowest BCUT2D eigenvalue weighted by Crippen LogP contribution is -2.43. The van der Waals surface area contributed by atoms with Crippen LogP contribution in [0.2, 0.25) is 0 Å². The molecule has 2 unspecified atom stereocenters. The lowest BCUT2D eigenvalue weighted by Gasteiger charge is -2.29. The number of pyridine rings is 1. The van der Waals surface area contributed by atoms with Gasteiger partial charge in [0, 0.05) is 18.1 Å². The standard InChI is InChI=1S/C15H18N2O/c1-11-6-8-16-10-14(11)18-15-13-5-3-2-4-12(13)7-9-17-15/h2-5,7,9,11,14,16H,6,8,10H2,1H3. The van der Waals surface area contributed by atoms with Crippen LogP contribution in [-0.4, -0.2) is 24.2 Å². The van der Waals surface area contributed by atoms with E-state index in [1.807, 2.05) is 24.4 Å². The van der Waals surface area contributed by atoms with Gasteiger partial charge in [0.2, 0.25) is 5.88 Å². The number of fused-ring (bicyclic) bond motifs is 1. The summed E-state index contributed by atoms with van der Waals surface area (Å²) in [6, 6.07) is 10.2. The summed E-state index contributed by atoms with van der Waals surface area (Å²) in [5.41, 5.74) is 0. The molecule has 1 aromatic heterocycles. The third-order valence-electron chi connectivity index (χ3n) is 3.66. The van der Waals surface area contributed by atoms with Crippen LogP contribution >= 0.6 is 0 Å².